The van der Waals surface area contributed by atoms with Gasteiger partial charge >= 0.3 is 0 Å². The van der Waals surface area contributed by atoms with Crippen LogP contribution in [0.4, 0.5) is 4.39 Å². The number of aromatic nitrogens is 3. The van der Waals surface area contributed by atoms with Crippen LogP contribution in [-0.2, 0) is 4.79 Å². The van der Waals surface area contributed by atoms with Crippen LogP contribution in [-0.4, -0.2) is 46.1 Å². The van der Waals surface area contributed by atoms with Gasteiger partial charge in [-0.2, -0.15) is 5.26 Å². The number of halogens is 1. The first-order valence-corrected chi connectivity index (χ1v) is 10.6. The molecule has 7 nitrogen and oxygen atoms in total. The van der Waals surface area contributed by atoms with Crippen molar-refractivity contribution in [3.05, 3.63) is 35.9 Å². The lowest BCUT2D eigenvalue weighted by molar-refractivity contribution is -0.890. The highest BCUT2D eigenvalue weighted by Gasteiger charge is 2.43. The maximum atomic E-state index is 13.4. The molecule has 0 saturated heterocycles. The van der Waals surface area contributed by atoms with Crippen molar-refractivity contribution < 1.29 is 14.1 Å². The fourth-order valence-corrected chi connectivity index (χ4v) is 3.84. The van der Waals surface area contributed by atoms with Crippen LogP contribution < -0.4 is 10.2 Å². The molecule has 154 valence electrons. The first kappa shape index (κ1) is 21.3. The SMILES string of the molecule is C[C@@H](c1nnc(SCC(=O)N[C@@](C)(C#N)C2CC2)n1-c1ccc(F)cc1)[NH+](C)C. The van der Waals surface area contributed by atoms with E-state index in [0.29, 0.717) is 5.16 Å². The molecule has 2 N–H and O–H groups in total. The van der Waals surface area contributed by atoms with E-state index in [9.17, 15) is 14.4 Å². The monoisotopic (exact) mass is 417 g/mol. The summed E-state index contributed by atoms with van der Waals surface area (Å²) in [4.78, 5) is 13.6. The average molecular weight is 418 g/mol. The lowest BCUT2D eigenvalue weighted by atomic mass is 9.98. The van der Waals surface area contributed by atoms with Crippen LogP contribution in [0.25, 0.3) is 5.69 Å². The Kier molecular flexibility index (Phi) is 6.24. The van der Waals surface area contributed by atoms with E-state index in [1.54, 1.807) is 19.1 Å². The molecule has 2 aromatic rings. The minimum atomic E-state index is -0.823. The lowest BCUT2D eigenvalue weighted by Crippen LogP contribution is -3.05. The molecule has 1 aromatic heterocycles. The fourth-order valence-electron chi connectivity index (χ4n) is 3.08. The quantitative estimate of drug-likeness (QED) is 0.636. The van der Waals surface area contributed by atoms with Gasteiger partial charge in [0.15, 0.2) is 11.0 Å². The van der Waals surface area contributed by atoms with Gasteiger partial charge in [0.05, 0.1) is 25.9 Å². The Morgan fingerprint density at radius 1 is 1.41 bits per heavy atom. The number of nitrogens with zero attached hydrogens (tertiary/aromatic N) is 4. The maximum Gasteiger partial charge on any atom is 0.231 e. The Hall–Kier alpha value is -2.44. The number of carbonyl (C=O) groups excluding carboxylic acids is 1. The molecule has 0 radical (unpaired) electrons. The van der Waals surface area contributed by atoms with Crippen molar-refractivity contribution in [2.45, 2.75) is 43.4 Å². The van der Waals surface area contributed by atoms with Gasteiger partial charge in [0.25, 0.3) is 0 Å². The van der Waals surface area contributed by atoms with Gasteiger partial charge in [-0.1, -0.05) is 11.8 Å². The van der Waals surface area contributed by atoms with E-state index in [1.165, 1.54) is 28.8 Å². The van der Waals surface area contributed by atoms with E-state index in [2.05, 4.69) is 21.6 Å². The number of amides is 1. The molecule has 0 unspecified atom stereocenters. The maximum absolute atomic E-state index is 13.4. The van der Waals surface area contributed by atoms with Crippen molar-refractivity contribution in [2.24, 2.45) is 5.92 Å². The fraction of sp³-hybridized carbons (Fsp3) is 0.500. The van der Waals surface area contributed by atoms with Crippen LogP contribution >= 0.6 is 11.8 Å². The van der Waals surface area contributed by atoms with Crippen molar-refractivity contribution >= 4 is 17.7 Å². The van der Waals surface area contributed by atoms with Gasteiger partial charge in [-0.25, -0.2) is 4.39 Å². The molecule has 1 amide bonds. The highest BCUT2D eigenvalue weighted by Crippen LogP contribution is 2.39. The van der Waals surface area contributed by atoms with Crippen LogP contribution in [0.2, 0.25) is 0 Å². The molecule has 1 heterocycles. The van der Waals surface area contributed by atoms with Crippen LogP contribution in [0.15, 0.2) is 29.4 Å². The summed E-state index contributed by atoms with van der Waals surface area (Å²) in [5.74, 6) is 0.540. The van der Waals surface area contributed by atoms with E-state index < -0.39 is 5.54 Å². The molecular formula is C20H26FN6OS+. The number of nitrogens with one attached hydrogen (secondary N) is 2. The molecule has 1 fully saturated rings. The predicted octanol–water partition coefficient (Wildman–Crippen LogP) is 1.51. The number of nitriles is 1. The van der Waals surface area contributed by atoms with Crippen molar-refractivity contribution in [2.75, 3.05) is 19.8 Å². The van der Waals surface area contributed by atoms with E-state index in [0.717, 1.165) is 24.4 Å². The second kappa shape index (κ2) is 8.51. The van der Waals surface area contributed by atoms with Crippen LogP contribution in [0.5, 0.6) is 0 Å². The van der Waals surface area contributed by atoms with Crippen molar-refractivity contribution in [3.63, 3.8) is 0 Å². The topological polar surface area (TPSA) is 88.0 Å². The van der Waals surface area contributed by atoms with E-state index >= 15 is 0 Å². The molecule has 3 rings (SSSR count). The summed E-state index contributed by atoms with van der Waals surface area (Å²) in [5.41, 5.74) is -0.0850. The number of carbonyl (C=O) groups is 1. The number of hydrogen-bond donors (Lipinski definition) is 2. The Morgan fingerprint density at radius 2 is 2.07 bits per heavy atom. The third-order valence-electron chi connectivity index (χ3n) is 5.35. The number of hydrogen-bond acceptors (Lipinski definition) is 5. The van der Waals surface area contributed by atoms with E-state index in [-0.39, 0.29) is 29.4 Å². The summed E-state index contributed by atoms with van der Waals surface area (Å²) in [6, 6.07) is 8.40. The number of rotatable bonds is 8. The zero-order valence-electron chi connectivity index (χ0n) is 17.1. The molecule has 29 heavy (non-hydrogen) atoms. The first-order valence-electron chi connectivity index (χ1n) is 9.61. The molecule has 1 aromatic carbocycles. The third-order valence-corrected chi connectivity index (χ3v) is 6.28. The summed E-state index contributed by atoms with van der Waals surface area (Å²) in [6.07, 6.45) is 1.93. The van der Waals surface area contributed by atoms with Crippen LogP contribution in [0.3, 0.4) is 0 Å². The summed E-state index contributed by atoms with van der Waals surface area (Å²) < 4.78 is 15.3. The van der Waals surface area contributed by atoms with Gasteiger partial charge in [0.1, 0.15) is 17.4 Å². The molecule has 1 saturated carbocycles. The normalized spacial score (nSPS) is 16.9. The standard InChI is InChI=1S/C20H25FN6OS/c1-13(26(3)4)18-24-25-19(27(18)16-9-7-15(21)8-10-16)29-11-17(28)23-20(2,12-22)14-5-6-14/h7-10,13-14H,5-6,11H2,1-4H3,(H,23,28)/p+1/t13-,20-/m0/s1. The molecular weight excluding hydrogens is 391 g/mol. The Balaban J connectivity index is 1.81. The van der Waals surface area contributed by atoms with Crippen LogP contribution in [0, 0.1) is 23.1 Å². The van der Waals surface area contributed by atoms with E-state index in [1.807, 2.05) is 25.6 Å². The van der Waals surface area contributed by atoms with Gasteiger partial charge < -0.3 is 10.2 Å². The molecule has 0 spiro atoms. The van der Waals surface area contributed by atoms with E-state index in [4.69, 9.17) is 0 Å². The first-order chi connectivity index (χ1) is 13.7. The number of quaternary nitrogens is 1. The average Bonchev–Trinajstić information content (AvgIpc) is 3.47. The molecule has 2 atom stereocenters. The Morgan fingerprint density at radius 3 is 2.62 bits per heavy atom. The summed E-state index contributed by atoms with van der Waals surface area (Å²) >= 11 is 1.25. The zero-order valence-corrected chi connectivity index (χ0v) is 17.9. The van der Waals surface area contributed by atoms with Gasteiger partial charge in [-0.15, -0.1) is 10.2 Å². The molecule has 9 heteroatoms. The summed E-state index contributed by atoms with van der Waals surface area (Å²) in [5, 5.41) is 21.5. The molecule has 0 bridgehead atoms. The largest absolute Gasteiger partial charge is 0.337 e. The second-order valence-corrected chi connectivity index (χ2v) is 8.82. The minimum Gasteiger partial charge on any atom is -0.337 e. The highest BCUT2D eigenvalue weighted by atomic mass is 32.2. The Bertz CT molecular complexity index is 918. The van der Waals surface area contributed by atoms with Gasteiger partial charge in [0, 0.05) is 5.69 Å². The molecule has 1 aliphatic rings. The van der Waals surface area contributed by atoms with Crippen molar-refractivity contribution in [1.82, 2.24) is 20.1 Å². The zero-order chi connectivity index (χ0) is 21.2. The minimum absolute atomic E-state index is 0.0486. The predicted molar refractivity (Wildman–Crippen MR) is 108 cm³/mol. The highest BCUT2D eigenvalue weighted by molar-refractivity contribution is 7.99. The number of thioether (sulfide) groups is 1. The second-order valence-electron chi connectivity index (χ2n) is 7.88. The number of benzene rings is 1. The van der Waals surface area contributed by atoms with Crippen molar-refractivity contribution in [3.8, 4) is 11.8 Å². The van der Waals surface area contributed by atoms with Crippen LogP contribution in [0.1, 0.15) is 38.6 Å². The summed E-state index contributed by atoms with van der Waals surface area (Å²) in [6.45, 7) is 3.81. The third kappa shape index (κ3) is 4.77. The Labute approximate surface area is 174 Å². The molecule has 0 aliphatic heterocycles. The van der Waals surface area contributed by atoms with Gasteiger partial charge in [0.2, 0.25) is 5.91 Å². The van der Waals surface area contributed by atoms with Gasteiger partial charge in [-0.05, 0) is 56.9 Å². The van der Waals surface area contributed by atoms with Crippen molar-refractivity contribution in [1.29, 1.82) is 5.26 Å². The molecule has 1 aliphatic carbocycles. The van der Waals surface area contributed by atoms with Gasteiger partial charge in [-0.3, -0.25) is 9.36 Å². The summed E-state index contributed by atoms with van der Waals surface area (Å²) in [7, 11) is 4.05. The smallest absolute Gasteiger partial charge is 0.231 e. The lowest BCUT2D eigenvalue weighted by Gasteiger charge is -2.22.